The molecule has 2 rings (SSSR count). The number of hydrogen-bond acceptors (Lipinski definition) is 5. The molecule has 1 aliphatic carbocycles. The fourth-order valence-corrected chi connectivity index (χ4v) is 2.97. The molecule has 1 N–H and O–H groups in total. The molecule has 0 saturated heterocycles. The summed E-state index contributed by atoms with van der Waals surface area (Å²) in [5, 5.41) is 14.3. The van der Waals surface area contributed by atoms with E-state index < -0.39 is 4.92 Å². The van der Waals surface area contributed by atoms with Crippen molar-refractivity contribution in [3.8, 4) is 0 Å². The third-order valence-corrected chi connectivity index (χ3v) is 4.18. The van der Waals surface area contributed by atoms with E-state index in [4.69, 9.17) is 0 Å². The van der Waals surface area contributed by atoms with Crippen LogP contribution < -0.4 is 10.9 Å². The largest absolute Gasteiger partial charge is 0.368 e. The van der Waals surface area contributed by atoms with Crippen LogP contribution in [-0.2, 0) is 13.5 Å². The maximum atomic E-state index is 11.7. The van der Waals surface area contributed by atoms with Gasteiger partial charge in [-0.1, -0.05) is 0 Å². The third kappa shape index (κ3) is 3.04. The van der Waals surface area contributed by atoms with Crippen LogP contribution in [0.1, 0.15) is 30.1 Å². The highest BCUT2D eigenvalue weighted by molar-refractivity contribution is 8.02. The lowest BCUT2D eigenvalue weighted by molar-refractivity contribution is -0.403. The van der Waals surface area contributed by atoms with E-state index in [1.165, 1.54) is 11.8 Å². The molecular weight excluding hydrogens is 278 g/mol. The summed E-state index contributed by atoms with van der Waals surface area (Å²) in [7, 11) is 1.77. The smallest absolute Gasteiger partial charge is 0.263 e. The van der Waals surface area contributed by atoms with Crippen molar-refractivity contribution in [2.45, 2.75) is 25.3 Å². The van der Waals surface area contributed by atoms with Crippen molar-refractivity contribution in [1.82, 2.24) is 9.88 Å². The van der Waals surface area contributed by atoms with Gasteiger partial charge in [0, 0.05) is 18.8 Å². The van der Waals surface area contributed by atoms with Crippen molar-refractivity contribution < 1.29 is 4.92 Å². The molecule has 1 aliphatic rings. The Balaban J connectivity index is 2.31. The Kier molecular flexibility index (Phi) is 4.49. The number of nitrogens with one attached hydrogen (secondary N) is 1. The molecule has 0 aromatic carbocycles. The summed E-state index contributed by atoms with van der Waals surface area (Å²) in [6.07, 6.45) is 5.52. The Hall–Kier alpha value is -1.76. The summed E-state index contributed by atoms with van der Waals surface area (Å²) < 4.78 is 1.67. The predicted octanol–water partition coefficient (Wildman–Crippen LogP) is 1.79. The van der Waals surface area contributed by atoms with Gasteiger partial charge in [-0.05, 0) is 37.1 Å². The fourth-order valence-electron chi connectivity index (χ4n) is 2.52. The number of aromatic nitrogens is 1. The summed E-state index contributed by atoms with van der Waals surface area (Å²) in [4.78, 5) is 21.8. The lowest BCUT2D eigenvalue weighted by Gasteiger charge is -2.28. The van der Waals surface area contributed by atoms with Crippen LogP contribution in [0.25, 0.3) is 0 Å². The first-order chi connectivity index (χ1) is 9.52. The van der Waals surface area contributed by atoms with Crippen LogP contribution in [0.2, 0.25) is 0 Å². The minimum atomic E-state index is -0.455. The Morgan fingerprint density at radius 1 is 1.60 bits per heavy atom. The molecule has 1 aromatic rings. The molecule has 6 nitrogen and oxygen atoms in total. The SMILES string of the molecule is CS/C(=C\[N+](=O)[O-])NC1CCCc2c1ccc(=O)n2C. The molecule has 0 saturated carbocycles. The highest BCUT2D eigenvalue weighted by Gasteiger charge is 2.23. The highest BCUT2D eigenvalue weighted by Crippen LogP contribution is 2.30. The molecule has 0 amide bonds. The van der Waals surface area contributed by atoms with E-state index in [0.29, 0.717) is 5.03 Å². The van der Waals surface area contributed by atoms with Gasteiger partial charge in [-0.25, -0.2) is 0 Å². The zero-order valence-electron chi connectivity index (χ0n) is 11.5. The van der Waals surface area contributed by atoms with Crippen LogP contribution in [0.5, 0.6) is 0 Å². The first kappa shape index (κ1) is 14.6. The quantitative estimate of drug-likeness (QED) is 0.677. The lowest BCUT2D eigenvalue weighted by Crippen LogP contribution is -2.30. The molecule has 1 unspecified atom stereocenters. The van der Waals surface area contributed by atoms with Gasteiger partial charge in [0.05, 0.1) is 11.0 Å². The number of nitrogens with zero attached hydrogens (tertiary/aromatic N) is 2. The fraction of sp³-hybridized carbons (Fsp3) is 0.462. The number of nitro groups is 1. The van der Waals surface area contributed by atoms with Crippen LogP contribution in [-0.4, -0.2) is 15.7 Å². The van der Waals surface area contributed by atoms with Gasteiger partial charge in [-0.3, -0.25) is 14.9 Å². The Bertz CT molecular complexity index is 609. The van der Waals surface area contributed by atoms with Gasteiger partial charge < -0.3 is 9.88 Å². The molecule has 108 valence electrons. The van der Waals surface area contributed by atoms with Crippen molar-refractivity contribution in [2.75, 3.05) is 6.26 Å². The average molecular weight is 295 g/mol. The zero-order chi connectivity index (χ0) is 14.7. The van der Waals surface area contributed by atoms with E-state index in [2.05, 4.69) is 5.32 Å². The maximum absolute atomic E-state index is 11.7. The average Bonchev–Trinajstić information content (AvgIpc) is 2.42. The van der Waals surface area contributed by atoms with Crippen LogP contribution in [0.15, 0.2) is 28.2 Å². The molecule has 0 aliphatic heterocycles. The van der Waals surface area contributed by atoms with Gasteiger partial charge in [-0.15, -0.1) is 11.8 Å². The lowest BCUT2D eigenvalue weighted by atomic mass is 9.91. The van der Waals surface area contributed by atoms with Gasteiger partial charge in [0.15, 0.2) is 0 Å². The number of pyridine rings is 1. The van der Waals surface area contributed by atoms with Crippen LogP contribution >= 0.6 is 11.8 Å². The van der Waals surface area contributed by atoms with Crippen molar-refractivity contribution in [1.29, 1.82) is 0 Å². The Labute approximate surface area is 121 Å². The van der Waals surface area contributed by atoms with Crippen molar-refractivity contribution in [2.24, 2.45) is 7.05 Å². The third-order valence-electron chi connectivity index (χ3n) is 3.52. The molecule has 20 heavy (non-hydrogen) atoms. The van der Waals surface area contributed by atoms with Crippen molar-refractivity contribution >= 4 is 11.8 Å². The molecule has 1 aromatic heterocycles. The molecule has 0 fully saturated rings. The predicted molar refractivity (Wildman–Crippen MR) is 79.1 cm³/mol. The van der Waals surface area contributed by atoms with Crippen molar-refractivity contribution in [3.05, 3.63) is 55.1 Å². The van der Waals surface area contributed by atoms with Crippen LogP contribution in [0.4, 0.5) is 0 Å². The normalized spacial score (nSPS) is 18.5. The van der Waals surface area contributed by atoms with E-state index >= 15 is 0 Å². The number of rotatable bonds is 4. The van der Waals surface area contributed by atoms with E-state index in [1.54, 1.807) is 23.9 Å². The molecule has 0 spiro atoms. The van der Waals surface area contributed by atoms with Crippen LogP contribution in [0, 0.1) is 10.1 Å². The van der Waals surface area contributed by atoms with Gasteiger partial charge >= 0.3 is 0 Å². The topological polar surface area (TPSA) is 77.2 Å². The minimum absolute atomic E-state index is 0.0178. The summed E-state index contributed by atoms with van der Waals surface area (Å²) in [5.41, 5.74) is 2.06. The summed E-state index contributed by atoms with van der Waals surface area (Å²) in [6.45, 7) is 0. The van der Waals surface area contributed by atoms with Gasteiger partial charge in [0.1, 0.15) is 5.03 Å². The molecule has 7 heteroatoms. The minimum Gasteiger partial charge on any atom is -0.368 e. The maximum Gasteiger partial charge on any atom is 0.263 e. The number of fused-ring (bicyclic) bond motifs is 1. The Morgan fingerprint density at radius 2 is 2.35 bits per heavy atom. The zero-order valence-corrected chi connectivity index (χ0v) is 12.3. The molecule has 1 heterocycles. The summed E-state index contributed by atoms with van der Waals surface area (Å²) >= 11 is 1.31. The van der Waals surface area contributed by atoms with Gasteiger partial charge in [0.25, 0.3) is 6.20 Å². The monoisotopic (exact) mass is 295 g/mol. The first-order valence-corrected chi connectivity index (χ1v) is 7.60. The molecular formula is C13H17N3O3S. The second-order valence-electron chi connectivity index (χ2n) is 4.70. The van der Waals surface area contributed by atoms with E-state index in [-0.39, 0.29) is 11.6 Å². The van der Waals surface area contributed by atoms with E-state index in [9.17, 15) is 14.9 Å². The first-order valence-electron chi connectivity index (χ1n) is 6.37. The molecule has 0 bridgehead atoms. The van der Waals surface area contributed by atoms with Crippen LogP contribution in [0.3, 0.4) is 0 Å². The standard InChI is InChI=1S/C13H17N3O3S/c1-15-11-5-3-4-10(9(11)6-7-13(15)17)14-12(20-2)8-16(18)19/h6-8,10,14H,3-5H2,1-2H3/b12-8-. The van der Waals surface area contributed by atoms with Gasteiger partial charge in [-0.2, -0.15) is 0 Å². The Morgan fingerprint density at radius 3 is 3.00 bits per heavy atom. The van der Waals surface area contributed by atoms with E-state index in [0.717, 1.165) is 36.7 Å². The van der Waals surface area contributed by atoms with Gasteiger partial charge in [0.2, 0.25) is 5.56 Å². The summed E-state index contributed by atoms with van der Waals surface area (Å²) in [5.74, 6) is 0. The number of thioether (sulfide) groups is 1. The summed E-state index contributed by atoms with van der Waals surface area (Å²) in [6, 6.07) is 3.40. The number of hydrogen-bond donors (Lipinski definition) is 1. The highest BCUT2D eigenvalue weighted by atomic mass is 32.2. The van der Waals surface area contributed by atoms with Crippen molar-refractivity contribution in [3.63, 3.8) is 0 Å². The second-order valence-corrected chi connectivity index (χ2v) is 5.55. The second kappa shape index (κ2) is 6.13. The molecule has 0 radical (unpaired) electrons. The van der Waals surface area contributed by atoms with E-state index in [1.807, 2.05) is 6.07 Å². The molecule has 1 atom stereocenters.